The van der Waals surface area contributed by atoms with Gasteiger partial charge in [-0.3, -0.25) is 4.68 Å². The molecule has 0 saturated heterocycles. The summed E-state index contributed by atoms with van der Waals surface area (Å²) in [5.41, 5.74) is 1.77. The maximum atomic E-state index is 13.1. The number of hydrogen-bond acceptors (Lipinski definition) is 3. The van der Waals surface area contributed by atoms with Crippen LogP contribution in [0.4, 0.5) is 8.78 Å². The standard InChI is InChI=1S/C17H14BrF2N3O/c18-17-4-2-1-3-12(17)5-6-23-10-15(21-22-23)11-24-16-8-13(19)7-14(20)9-16/h1-4,7-10H,5-6,11H2. The molecule has 1 heterocycles. The Kier molecular flexibility index (Phi) is 5.20. The van der Waals surface area contributed by atoms with Crippen LogP contribution >= 0.6 is 15.9 Å². The molecule has 124 valence electrons. The first kappa shape index (κ1) is 16.6. The summed E-state index contributed by atoms with van der Waals surface area (Å²) < 4.78 is 34.3. The summed E-state index contributed by atoms with van der Waals surface area (Å²) in [5, 5.41) is 8.03. The van der Waals surface area contributed by atoms with Crippen molar-refractivity contribution in [3.05, 3.63) is 76.0 Å². The molecule has 7 heteroatoms. The summed E-state index contributed by atoms with van der Waals surface area (Å²) in [4.78, 5) is 0. The lowest BCUT2D eigenvalue weighted by Crippen LogP contribution is -2.02. The molecule has 0 saturated carbocycles. The van der Waals surface area contributed by atoms with E-state index in [4.69, 9.17) is 4.74 Å². The Hall–Kier alpha value is -2.28. The molecule has 0 radical (unpaired) electrons. The van der Waals surface area contributed by atoms with E-state index in [0.29, 0.717) is 12.2 Å². The average molecular weight is 394 g/mol. The number of ether oxygens (including phenoxy) is 1. The van der Waals surface area contributed by atoms with Crippen LogP contribution in [-0.4, -0.2) is 15.0 Å². The lowest BCUT2D eigenvalue weighted by molar-refractivity contribution is 0.297. The van der Waals surface area contributed by atoms with Crippen molar-refractivity contribution in [1.29, 1.82) is 0 Å². The minimum Gasteiger partial charge on any atom is -0.487 e. The van der Waals surface area contributed by atoms with Gasteiger partial charge in [0.2, 0.25) is 0 Å². The Morgan fingerprint density at radius 2 is 1.83 bits per heavy atom. The highest BCUT2D eigenvalue weighted by molar-refractivity contribution is 9.10. The maximum absolute atomic E-state index is 13.1. The second-order valence-corrected chi connectivity index (χ2v) is 6.06. The minimum atomic E-state index is -0.679. The highest BCUT2D eigenvalue weighted by atomic mass is 79.9. The van der Waals surface area contributed by atoms with Crippen molar-refractivity contribution < 1.29 is 13.5 Å². The summed E-state index contributed by atoms with van der Waals surface area (Å²) >= 11 is 3.51. The largest absolute Gasteiger partial charge is 0.487 e. The molecular weight excluding hydrogens is 380 g/mol. The Bertz CT molecular complexity index is 818. The zero-order valence-electron chi connectivity index (χ0n) is 12.6. The molecule has 0 aliphatic carbocycles. The third-order valence-electron chi connectivity index (χ3n) is 3.38. The summed E-state index contributed by atoms with van der Waals surface area (Å²) in [6.07, 6.45) is 2.56. The minimum absolute atomic E-state index is 0.0952. The van der Waals surface area contributed by atoms with Gasteiger partial charge < -0.3 is 4.74 Å². The molecule has 1 aromatic heterocycles. The van der Waals surface area contributed by atoms with Crippen LogP contribution in [0.2, 0.25) is 0 Å². The molecule has 4 nitrogen and oxygen atoms in total. The van der Waals surface area contributed by atoms with E-state index in [2.05, 4.69) is 26.2 Å². The number of nitrogens with zero attached hydrogens (tertiary/aromatic N) is 3. The van der Waals surface area contributed by atoms with Crippen molar-refractivity contribution in [2.45, 2.75) is 19.6 Å². The Balaban J connectivity index is 1.56. The molecule has 0 atom stereocenters. The van der Waals surface area contributed by atoms with Crippen LogP contribution in [0.3, 0.4) is 0 Å². The van der Waals surface area contributed by atoms with E-state index in [1.807, 2.05) is 24.3 Å². The zero-order chi connectivity index (χ0) is 16.9. The predicted molar refractivity (Wildman–Crippen MR) is 88.6 cm³/mol. The van der Waals surface area contributed by atoms with Gasteiger partial charge in [0.25, 0.3) is 0 Å². The van der Waals surface area contributed by atoms with Gasteiger partial charge >= 0.3 is 0 Å². The number of aryl methyl sites for hydroxylation is 2. The molecule has 24 heavy (non-hydrogen) atoms. The fraction of sp³-hybridized carbons (Fsp3) is 0.176. The van der Waals surface area contributed by atoms with E-state index >= 15 is 0 Å². The van der Waals surface area contributed by atoms with Crippen LogP contribution < -0.4 is 4.74 Å². The van der Waals surface area contributed by atoms with Gasteiger partial charge in [-0.05, 0) is 18.1 Å². The topological polar surface area (TPSA) is 39.9 Å². The van der Waals surface area contributed by atoms with E-state index in [0.717, 1.165) is 29.1 Å². The van der Waals surface area contributed by atoms with Crippen molar-refractivity contribution in [3.63, 3.8) is 0 Å². The molecule has 2 aromatic carbocycles. The van der Waals surface area contributed by atoms with E-state index < -0.39 is 11.6 Å². The number of rotatable bonds is 6. The monoisotopic (exact) mass is 393 g/mol. The second kappa shape index (κ2) is 7.53. The number of halogens is 3. The van der Waals surface area contributed by atoms with Gasteiger partial charge in [0.05, 0.1) is 6.20 Å². The molecule has 3 rings (SSSR count). The van der Waals surface area contributed by atoms with E-state index in [1.54, 1.807) is 10.9 Å². The van der Waals surface area contributed by atoms with Gasteiger partial charge in [-0.25, -0.2) is 8.78 Å². The van der Waals surface area contributed by atoms with Gasteiger partial charge in [0, 0.05) is 29.2 Å². The van der Waals surface area contributed by atoms with Crippen LogP contribution in [0.25, 0.3) is 0 Å². The molecule has 3 aromatic rings. The smallest absolute Gasteiger partial charge is 0.134 e. The molecule has 0 bridgehead atoms. The summed E-state index contributed by atoms with van der Waals surface area (Å²) in [6, 6.07) is 11.0. The Morgan fingerprint density at radius 3 is 2.58 bits per heavy atom. The average Bonchev–Trinajstić information content (AvgIpc) is 2.99. The Morgan fingerprint density at radius 1 is 1.08 bits per heavy atom. The predicted octanol–water partition coefficient (Wildman–Crippen LogP) is 4.14. The van der Waals surface area contributed by atoms with Crippen LogP contribution in [0.1, 0.15) is 11.3 Å². The first-order valence-electron chi connectivity index (χ1n) is 7.31. The summed E-state index contributed by atoms with van der Waals surface area (Å²) in [7, 11) is 0. The molecular formula is C17H14BrF2N3O. The van der Waals surface area contributed by atoms with Crippen molar-refractivity contribution in [2.24, 2.45) is 0 Å². The zero-order valence-corrected chi connectivity index (χ0v) is 14.2. The molecule has 0 unspecified atom stereocenters. The summed E-state index contributed by atoms with van der Waals surface area (Å²) in [5.74, 6) is -1.24. The first-order chi connectivity index (χ1) is 11.6. The van der Waals surface area contributed by atoms with Gasteiger partial charge in [0.1, 0.15) is 29.7 Å². The van der Waals surface area contributed by atoms with Crippen LogP contribution in [-0.2, 0) is 19.6 Å². The molecule has 0 fully saturated rings. The van der Waals surface area contributed by atoms with Gasteiger partial charge in [-0.15, -0.1) is 5.10 Å². The Labute approximate surface area is 146 Å². The molecule has 0 aliphatic heterocycles. The first-order valence-corrected chi connectivity index (χ1v) is 8.11. The SMILES string of the molecule is Fc1cc(F)cc(OCc2cn(CCc3ccccc3Br)nn2)c1. The fourth-order valence-corrected chi connectivity index (χ4v) is 2.70. The molecule has 0 N–H and O–H groups in total. The second-order valence-electron chi connectivity index (χ2n) is 5.21. The van der Waals surface area contributed by atoms with Crippen molar-refractivity contribution >= 4 is 15.9 Å². The van der Waals surface area contributed by atoms with Gasteiger partial charge in [0.15, 0.2) is 0 Å². The van der Waals surface area contributed by atoms with Crippen LogP contribution in [0.5, 0.6) is 5.75 Å². The normalized spacial score (nSPS) is 10.8. The fourth-order valence-electron chi connectivity index (χ4n) is 2.22. The lowest BCUT2D eigenvalue weighted by atomic mass is 10.1. The lowest BCUT2D eigenvalue weighted by Gasteiger charge is -2.04. The van der Waals surface area contributed by atoms with Crippen molar-refractivity contribution in [3.8, 4) is 5.75 Å². The summed E-state index contributed by atoms with van der Waals surface area (Å²) in [6.45, 7) is 0.766. The van der Waals surface area contributed by atoms with Gasteiger partial charge in [-0.1, -0.05) is 39.3 Å². The van der Waals surface area contributed by atoms with Crippen molar-refractivity contribution in [1.82, 2.24) is 15.0 Å². The van der Waals surface area contributed by atoms with Gasteiger partial charge in [-0.2, -0.15) is 0 Å². The molecule has 0 aliphatic rings. The number of aromatic nitrogens is 3. The van der Waals surface area contributed by atoms with E-state index in [-0.39, 0.29) is 12.4 Å². The molecule has 0 spiro atoms. The van der Waals surface area contributed by atoms with Crippen LogP contribution in [0.15, 0.2) is 53.1 Å². The number of benzene rings is 2. The maximum Gasteiger partial charge on any atom is 0.134 e. The highest BCUT2D eigenvalue weighted by Crippen LogP contribution is 2.18. The molecule has 0 amide bonds. The third kappa shape index (κ3) is 4.38. The quantitative estimate of drug-likeness (QED) is 0.631. The number of hydrogen-bond donors (Lipinski definition) is 0. The highest BCUT2D eigenvalue weighted by Gasteiger charge is 2.06. The van der Waals surface area contributed by atoms with Crippen molar-refractivity contribution in [2.75, 3.05) is 0 Å². The van der Waals surface area contributed by atoms with Crippen LogP contribution in [0, 0.1) is 11.6 Å². The van der Waals surface area contributed by atoms with E-state index in [9.17, 15) is 8.78 Å². The third-order valence-corrected chi connectivity index (χ3v) is 4.15. The van der Waals surface area contributed by atoms with E-state index in [1.165, 1.54) is 5.56 Å².